The lowest BCUT2D eigenvalue weighted by Crippen LogP contribution is -2.32. The van der Waals surface area contributed by atoms with Gasteiger partial charge in [-0.25, -0.2) is 0 Å². The second-order valence-electron chi connectivity index (χ2n) is 5.89. The van der Waals surface area contributed by atoms with Gasteiger partial charge in [-0.2, -0.15) is 0 Å². The summed E-state index contributed by atoms with van der Waals surface area (Å²) in [6.07, 6.45) is 6.84. The lowest BCUT2D eigenvalue weighted by Gasteiger charge is -2.31. The summed E-state index contributed by atoms with van der Waals surface area (Å²) in [6, 6.07) is 5.06. The number of rotatable bonds is 2. The number of nitrogens with zero attached hydrogens (tertiary/aromatic N) is 2. The third-order valence-electron chi connectivity index (χ3n) is 3.43. The number of pyridine rings is 2. The molecule has 23 heavy (non-hydrogen) atoms. The third kappa shape index (κ3) is 2.88. The zero-order valence-corrected chi connectivity index (χ0v) is 13.2. The fourth-order valence-electron chi connectivity index (χ4n) is 2.55. The third-order valence-corrected chi connectivity index (χ3v) is 3.43. The van der Waals surface area contributed by atoms with Crippen LogP contribution in [0, 0.1) is 0 Å². The topological polar surface area (TPSA) is 73.2 Å². The highest BCUT2D eigenvalue weighted by molar-refractivity contribution is 5.88. The molecule has 0 saturated heterocycles. The van der Waals surface area contributed by atoms with Crippen molar-refractivity contribution in [3.63, 3.8) is 0 Å². The van der Waals surface area contributed by atoms with E-state index in [0.29, 0.717) is 11.4 Å². The molecule has 6 nitrogen and oxygen atoms in total. The molecular formula is C17H17N3O3. The predicted molar refractivity (Wildman–Crippen MR) is 87.3 cm³/mol. The lowest BCUT2D eigenvalue weighted by molar-refractivity contribution is -0.114. The number of aromatic nitrogens is 2. The van der Waals surface area contributed by atoms with Crippen molar-refractivity contribution in [3.8, 4) is 5.75 Å². The highest BCUT2D eigenvalue weighted by atomic mass is 16.5. The van der Waals surface area contributed by atoms with Crippen molar-refractivity contribution in [3.05, 3.63) is 58.8 Å². The summed E-state index contributed by atoms with van der Waals surface area (Å²) in [6.45, 7) is 5.20. The number of hydrogen-bond acceptors (Lipinski definition) is 4. The Morgan fingerprint density at radius 2 is 2.13 bits per heavy atom. The second-order valence-corrected chi connectivity index (χ2v) is 5.89. The Bertz CT molecular complexity index is 865. The van der Waals surface area contributed by atoms with Gasteiger partial charge in [-0.3, -0.25) is 19.1 Å². The molecule has 0 aromatic carbocycles. The molecule has 2 aromatic heterocycles. The monoisotopic (exact) mass is 311 g/mol. The number of ether oxygens (including phenoxy) is 1. The Labute approximate surface area is 133 Å². The van der Waals surface area contributed by atoms with Crippen LogP contribution in [-0.4, -0.2) is 21.1 Å². The molecule has 2 aromatic rings. The summed E-state index contributed by atoms with van der Waals surface area (Å²) in [7, 11) is 0. The molecule has 0 unspecified atom stereocenters. The van der Waals surface area contributed by atoms with Crippen molar-refractivity contribution in [1.29, 1.82) is 0 Å². The molecule has 0 fully saturated rings. The van der Waals surface area contributed by atoms with Gasteiger partial charge in [-0.15, -0.1) is 0 Å². The zero-order chi connectivity index (χ0) is 16.6. The Morgan fingerprint density at radius 3 is 2.87 bits per heavy atom. The minimum Gasteiger partial charge on any atom is -0.483 e. The number of nitrogens with one attached hydrogen (secondary N) is 1. The normalized spacial score (nSPS) is 15.2. The molecule has 3 rings (SSSR count). The summed E-state index contributed by atoms with van der Waals surface area (Å²) in [5.74, 6) is 0.377. The van der Waals surface area contributed by atoms with Crippen LogP contribution in [0.25, 0.3) is 5.70 Å². The first-order valence-electron chi connectivity index (χ1n) is 7.23. The van der Waals surface area contributed by atoms with Crippen LogP contribution >= 0.6 is 0 Å². The van der Waals surface area contributed by atoms with Gasteiger partial charge in [0.25, 0.3) is 5.56 Å². The van der Waals surface area contributed by atoms with Crippen LogP contribution < -0.4 is 15.6 Å². The van der Waals surface area contributed by atoms with Crippen molar-refractivity contribution < 1.29 is 9.53 Å². The fraction of sp³-hybridized carbons (Fsp3) is 0.235. The standard InChI is InChI=1S/C17H17N3O3/c1-11(21)19-13-5-4-8-20(16(13)22)14-9-17(2,3)23-15-6-7-18-10-12(14)15/h4-10H,1-3H3,(H,19,21). The molecule has 0 atom stereocenters. The van der Waals surface area contributed by atoms with Crippen molar-refractivity contribution in [2.45, 2.75) is 26.4 Å². The van der Waals surface area contributed by atoms with Gasteiger partial charge in [0.2, 0.25) is 5.91 Å². The first kappa shape index (κ1) is 15.0. The molecule has 0 bridgehead atoms. The summed E-state index contributed by atoms with van der Waals surface area (Å²) >= 11 is 0. The van der Waals surface area contributed by atoms with Gasteiger partial charge in [0, 0.05) is 25.5 Å². The van der Waals surface area contributed by atoms with E-state index in [1.165, 1.54) is 11.5 Å². The average Bonchev–Trinajstić information content (AvgIpc) is 2.47. The predicted octanol–water partition coefficient (Wildman–Crippen LogP) is 2.26. The van der Waals surface area contributed by atoms with Crippen LogP contribution in [0.2, 0.25) is 0 Å². The molecule has 0 spiro atoms. The summed E-state index contributed by atoms with van der Waals surface area (Å²) in [5.41, 5.74) is 0.778. The van der Waals surface area contributed by atoms with Gasteiger partial charge in [-0.05, 0) is 38.1 Å². The first-order chi connectivity index (χ1) is 10.9. The van der Waals surface area contributed by atoms with Crippen molar-refractivity contribution in [2.24, 2.45) is 0 Å². The highest BCUT2D eigenvalue weighted by Crippen LogP contribution is 2.35. The van der Waals surface area contributed by atoms with E-state index in [2.05, 4.69) is 10.3 Å². The summed E-state index contributed by atoms with van der Waals surface area (Å²) in [4.78, 5) is 28.0. The van der Waals surface area contributed by atoms with Crippen LogP contribution in [0.1, 0.15) is 26.3 Å². The highest BCUT2D eigenvalue weighted by Gasteiger charge is 2.28. The van der Waals surface area contributed by atoms with Gasteiger partial charge in [0.15, 0.2) is 0 Å². The van der Waals surface area contributed by atoms with Gasteiger partial charge in [0.05, 0.1) is 11.3 Å². The zero-order valence-electron chi connectivity index (χ0n) is 13.2. The van der Waals surface area contributed by atoms with E-state index in [9.17, 15) is 9.59 Å². The van der Waals surface area contributed by atoms with Gasteiger partial charge in [-0.1, -0.05) is 0 Å². The molecule has 6 heteroatoms. The van der Waals surface area contributed by atoms with Crippen LogP contribution in [0.3, 0.4) is 0 Å². The number of hydrogen-bond donors (Lipinski definition) is 1. The van der Waals surface area contributed by atoms with Crippen LogP contribution in [0.5, 0.6) is 5.75 Å². The van der Waals surface area contributed by atoms with E-state index < -0.39 is 5.60 Å². The summed E-state index contributed by atoms with van der Waals surface area (Å²) < 4.78 is 7.40. The maximum atomic E-state index is 12.7. The number of carbonyl (C=O) groups is 1. The van der Waals surface area contributed by atoms with E-state index in [0.717, 1.165) is 5.56 Å². The lowest BCUT2D eigenvalue weighted by atomic mass is 10.0. The molecular weight excluding hydrogens is 294 g/mol. The van der Waals surface area contributed by atoms with Crippen LogP contribution in [0.4, 0.5) is 5.69 Å². The van der Waals surface area contributed by atoms with Crippen molar-refractivity contribution in [2.75, 3.05) is 5.32 Å². The number of carbonyl (C=O) groups excluding carboxylic acids is 1. The number of amides is 1. The van der Waals surface area contributed by atoms with E-state index >= 15 is 0 Å². The van der Waals surface area contributed by atoms with Crippen LogP contribution in [-0.2, 0) is 4.79 Å². The molecule has 118 valence electrons. The smallest absolute Gasteiger partial charge is 0.278 e. The van der Waals surface area contributed by atoms with Crippen LogP contribution in [0.15, 0.2) is 47.7 Å². The Morgan fingerprint density at radius 1 is 1.35 bits per heavy atom. The Balaban J connectivity index is 2.19. The number of fused-ring (bicyclic) bond motifs is 1. The molecule has 1 aliphatic rings. The van der Waals surface area contributed by atoms with Gasteiger partial charge < -0.3 is 10.1 Å². The average molecular weight is 311 g/mol. The maximum absolute atomic E-state index is 12.7. The largest absolute Gasteiger partial charge is 0.483 e. The van der Waals surface area contributed by atoms with E-state index in [-0.39, 0.29) is 17.2 Å². The molecule has 0 aliphatic carbocycles. The maximum Gasteiger partial charge on any atom is 0.278 e. The molecule has 1 aliphatic heterocycles. The summed E-state index contributed by atoms with van der Waals surface area (Å²) in [5, 5.41) is 2.55. The second kappa shape index (κ2) is 5.39. The SMILES string of the molecule is CC(=O)Nc1cccn(C2=CC(C)(C)Oc3ccncc32)c1=O. The van der Waals surface area contributed by atoms with E-state index in [1.54, 1.807) is 36.8 Å². The van der Waals surface area contributed by atoms with E-state index in [4.69, 9.17) is 4.74 Å². The van der Waals surface area contributed by atoms with Crippen molar-refractivity contribution in [1.82, 2.24) is 9.55 Å². The minimum absolute atomic E-state index is 0.232. The minimum atomic E-state index is -0.562. The molecule has 0 radical (unpaired) electrons. The van der Waals surface area contributed by atoms with Gasteiger partial charge >= 0.3 is 0 Å². The Hall–Kier alpha value is -2.89. The quantitative estimate of drug-likeness (QED) is 0.923. The number of anilines is 1. The first-order valence-corrected chi connectivity index (χ1v) is 7.23. The molecule has 0 saturated carbocycles. The molecule has 3 heterocycles. The fourth-order valence-corrected chi connectivity index (χ4v) is 2.55. The molecule has 1 amide bonds. The Kier molecular flexibility index (Phi) is 3.52. The van der Waals surface area contributed by atoms with Gasteiger partial charge in [0.1, 0.15) is 17.0 Å². The van der Waals surface area contributed by atoms with Crippen molar-refractivity contribution >= 4 is 17.3 Å². The van der Waals surface area contributed by atoms with E-state index in [1.807, 2.05) is 19.9 Å². The molecule has 1 N–H and O–H groups in total.